The first-order chi connectivity index (χ1) is 11.8. The van der Waals surface area contributed by atoms with Gasteiger partial charge in [0.25, 0.3) is 0 Å². The van der Waals surface area contributed by atoms with Gasteiger partial charge in [0.05, 0.1) is 0 Å². The van der Waals surface area contributed by atoms with E-state index in [1.54, 1.807) is 0 Å². The minimum absolute atomic E-state index is 0.724. The Morgan fingerprint density at radius 3 is 2.83 bits per heavy atom. The predicted octanol–water partition coefficient (Wildman–Crippen LogP) is 2.74. The first-order valence-corrected chi connectivity index (χ1v) is 9.62. The molecule has 4 nitrogen and oxygen atoms in total. The SMILES string of the molecule is CCCN1CCC(CN=C(NCC)N2CCc3ccccc3C2)C1. The molecular formula is C20H32N4. The molecule has 0 aliphatic carbocycles. The van der Waals surface area contributed by atoms with E-state index in [1.165, 1.54) is 43.6 Å². The smallest absolute Gasteiger partial charge is 0.194 e. The standard InChI is InChI=1S/C20H32N4/c1-3-11-23-12-9-17(15-23)14-22-20(21-4-2)24-13-10-18-7-5-6-8-19(18)16-24/h5-8,17H,3-4,9-16H2,1-2H3,(H,21,22). The number of hydrogen-bond acceptors (Lipinski definition) is 2. The highest BCUT2D eigenvalue weighted by Crippen LogP contribution is 2.20. The molecule has 1 N–H and O–H groups in total. The Balaban J connectivity index is 1.60. The quantitative estimate of drug-likeness (QED) is 0.666. The van der Waals surface area contributed by atoms with Crippen molar-refractivity contribution in [3.05, 3.63) is 35.4 Å². The van der Waals surface area contributed by atoms with Crippen molar-refractivity contribution < 1.29 is 0 Å². The van der Waals surface area contributed by atoms with Crippen LogP contribution in [-0.4, -0.2) is 55.0 Å². The first kappa shape index (κ1) is 17.3. The summed E-state index contributed by atoms with van der Waals surface area (Å²) in [6.07, 6.45) is 3.67. The molecule has 0 amide bonds. The normalized spacial score (nSPS) is 21.8. The largest absolute Gasteiger partial charge is 0.357 e. The first-order valence-electron chi connectivity index (χ1n) is 9.62. The van der Waals surface area contributed by atoms with Crippen LogP contribution in [0, 0.1) is 5.92 Å². The van der Waals surface area contributed by atoms with E-state index in [1.807, 2.05) is 0 Å². The van der Waals surface area contributed by atoms with Gasteiger partial charge in [-0.25, -0.2) is 0 Å². The number of benzene rings is 1. The monoisotopic (exact) mass is 328 g/mol. The van der Waals surface area contributed by atoms with Crippen LogP contribution < -0.4 is 5.32 Å². The second kappa shape index (κ2) is 8.52. The van der Waals surface area contributed by atoms with Crippen LogP contribution in [-0.2, 0) is 13.0 Å². The molecule has 1 atom stereocenters. The Labute approximate surface area is 146 Å². The van der Waals surface area contributed by atoms with E-state index in [9.17, 15) is 0 Å². The summed E-state index contributed by atoms with van der Waals surface area (Å²) in [5.74, 6) is 1.82. The highest BCUT2D eigenvalue weighted by Gasteiger charge is 2.23. The van der Waals surface area contributed by atoms with E-state index < -0.39 is 0 Å². The zero-order valence-corrected chi connectivity index (χ0v) is 15.3. The zero-order valence-electron chi connectivity index (χ0n) is 15.3. The van der Waals surface area contributed by atoms with Crippen LogP contribution in [0.5, 0.6) is 0 Å². The van der Waals surface area contributed by atoms with Crippen molar-refractivity contribution in [1.29, 1.82) is 0 Å². The van der Waals surface area contributed by atoms with Crippen molar-refractivity contribution in [2.75, 3.05) is 39.3 Å². The van der Waals surface area contributed by atoms with Crippen molar-refractivity contribution in [2.45, 2.75) is 39.7 Å². The molecule has 0 saturated carbocycles. The number of nitrogens with zero attached hydrogens (tertiary/aromatic N) is 3. The van der Waals surface area contributed by atoms with Crippen molar-refractivity contribution in [2.24, 2.45) is 10.9 Å². The van der Waals surface area contributed by atoms with Gasteiger partial charge in [0.2, 0.25) is 0 Å². The third kappa shape index (κ3) is 4.29. The van der Waals surface area contributed by atoms with Crippen molar-refractivity contribution in [3.8, 4) is 0 Å². The highest BCUT2D eigenvalue weighted by molar-refractivity contribution is 5.80. The van der Waals surface area contributed by atoms with E-state index in [4.69, 9.17) is 4.99 Å². The van der Waals surface area contributed by atoms with Gasteiger partial charge in [0, 0.05) is 32.7 Å². The number of rotatable bonds is 5. The van der Waals surface area contributed by atoms with Crippen LogP contribution in [0.15, 0.2) is 29.3 Å². The molecule has 1 saturated heterocycles. The van der Waals surface area contributed by atoms with Gasteiger partial charge in [0.1, 0.15) is 0 Å². The molecular weight excluding hydrogens is 296 g/mol. The Morgan fingerprint density at radius 1 is 1.21 bits per heavy atom. The van der Waals surface area contributed by atoms with Gasteiger partial charge in [-0.15, -0.1) is 0 Å². The van der Waals surface area contributed by atoms with Gasteiger partial charge >= 0.3 is 0 Å². The summed E-state index contributed by atoms with van der Waals surface area (Å²) in [5.41, 5.74) is 2.94. The van der Waals surface area contributed by atoms with Crippen LogP contribution in [0.4, 0.5) is 0 Å². The fourth-order valence-electron chi connectivity index (χ4n) is 3.90. The van der Waals surface area contributed by atoms with Crippen LogP contribution >= 0.6 is 0 Å². The maximum atomic E-state index is 4.99. The molecule has 1 aromatic rings. The molecule has 4 heteroatoms. The van der Waals surface area contributed by atoms with Crippen molar-refractivity contribution >= 4 is 5.96 Å². The average molecular weight is 329 g/mol. The highest BCUT2D eigenvalue weighted by atomic mass is 15.3. The second-order valence-corrected chi connectivity index (χ2v) is 7.09. The number of aliphatic imine (C=N–C) groups is 1. The van der Waals surface area contributed by atoms with E-state index in [0.717, 1.165) is 44.5 Å². The Hall–Kier alpha value is -1.55. The number of guanidine groups is 1. The van der Waals surface area contributed by atoms with E-state index in [2.05, 4.69) is 53.2 Å². The molecule has 1 aromatic carbocycles. The summed E-state index contributed by atoms with van der Waals surface area (Å²) in [4.78, 5) is 10.0. The van der Waals surface area contributed by atoms with Gasteiger partial charge in [-0.3, -0.25) is 4.99 Å². The van der Waals surface area contributed by atoms with Gasteiger partial charge in [-0.2, -0.15) is 0 Å². The second-order valence-electron chi connectivity index (χ2n) is 7.09. The molecule has 2 aliphatic heterocycles. The molecule has 0 radical (unpaired) electrons. The summed E-state index contributed by atoms with van der Waals surface area (Å²) < 4.78 is 0. The summed E-state index contributed by atoms with van der Waals surface area (Å²) in [5, 5.41) is 3.51. The lowest BCUT2D eigenvalue weighted by Crippen LogP contribution is -2.44. The van der Waals surface area contributed by atoms with Crippen molar-refractivity contribution in [3.63, 3.8) is 0 Å². The van der Waals surface area contributed by atoms with Crippen molar-refractivity contribution in [1.82, 2.24) is 15.1 Å². The lowest BCUT2D eigenvalue weighted by molar-refractivity contribution is 0.325. The molecule has 24 heavy (non-hydrogen) atoms. The van der Waals surface area contributed by atoms with Gasteiger partial charge in [-0.1, -0.05) is 31.2 Å². The number of fused-ring (bicyclic) bond motifs is 1. The minimum Gasteiger partial charge on any atom is -0.357 e. The van der Waals surface area contributed by atoms with E-state index >= 15 is 0 Å². The molecule has 1 unspecified atom stereocenters. The third-order valence-corrected chi connectivity index (χ3v) is 5.17. The van der Waals surface area contributed by atoms with E-state index in [0.29, 0.717) is 0 Å². The summed E-state index contributed by atoms with van der Waals surface area (Å²) in [7, 11) is 0. The number of nitrogens with one attached hydrogen (secondary N) is 1. The van der Waals surface area contributed by atoms with Crippen LogP contribution in [0.3, 0.4) is 0 Å². The molecule has 2 aliphatic rings. The van der Waals surface area contributed by atoms with E-state index in [-0.39, 0.29) is 0 Å². The molecule has 0 aromatic heterocycles. The summed E-state index contributed by atoms with van der Waals surface area (Å²) in [6.45, 7) is 12.1. The molecule has 1 fully saturated rings. The summed E-state index contributed by atoms with van der Waals surface area (Å²) in [6, 6.07) is 8.81. The lowest BCUT2D eigenvalue weighted by Gasteiger charge is -2.32. The molecule has 0 spiro atoms. The fraction of sp³-hybridized carbons (Fsp3) is 0.650. The predicted molar refractivity (Wildman–Crippen MR) is 101 cm³/mol. The topological polar surface area (TPSA) is 30.9 Å². The Morgan fingerprint density at radius 2 is 2.04 bits per heavy atom. The Kier molecular flexibility index (Phi) is 6.13. The maximum Gasteiger partial charge on any atom is 0.194 e. The number of hydrogen-bond donors (Lipinski definition) is 1. The third-order valence-electron chi connectivity index (χ3n) is 5.17. The zero-order chi connectivity index (χ0) is 16.8. The lowest BCUT2D eigenvalue weighted by atomic mass is 10.0. The molecule has 132 valence electrons. The molecule has 3 rings (SSSR count). The maximum absolute atomic E-state index is 4.99. The van der Waals surface area contributed by atoms with Gasteiger partial charge < -0.3 is 15.1 Å². The van der Waals surface area contributed by atoms with Crippen LogP contribution in [0.25, 0.3) is 0 Å². The van der Waals surface area contributed by atoms with Gasteiger partial charge in [-0.05, 0) is 56.3 Å². The van der Waals surface area contributed by atoms with Gasteiger partial charge in [0.15, 0.2) is 5.96 Å². The average Bonchev–Trinajstić information content (AvgIpc) is 3.06. The minimum atomic E-state index is 0.724. The Bertz CT molecular complexity index is 554. The molecule has 2 heterocycles. The van der Waals surface area contributed by atoms with Crippen LogP contribution in [0.1, 0.15) is 37.8 Å². The summed E-state index contributed by atoms with van der Waals surface area (Å²) >= 11 is 0. The number of likely N-dealkylation sites (tertiary alicyclic amines) is 1. The fourth-order valence-corrected chi connectivity index (χ4v) is 3.90. The van der Waals surface area contributed by atoms with Crippen LogP contribution in [0.2, 0.25) is 0 Å². The molecule has 0 bridgehead atoms.